The summed E-state index contributed by atoms with van der Waals surface area (Å²) in [5.74, 6) is 1.01. The Hall–Kier alpha value is -1.69. The molecule has 0 spiro atoms. The first kappa shape index (κ1) is 13.3. The maximum atomic E-state index is 11.6. The fourth-order valence-electron chi connectivity index (χ4n) is 2.64. The van der Waals surface area contributed by atoms with Crippen molar-refractivity contribution in [1.29, 1.82) is 0 Å². The molecule has 1 aromatic heterocycles. The lowest BCUT2D eigenvalue weighted by atomic mass is 10.1. The van der Waals surface area contributed by atoms with Crippen LogP contribution in [0, 0.1) is 5.92 Å². The van der Waals surface area contributed by atoms with Gasteiger partial charge in [0.05, 0.1) is 31.1 Å². The number of esters is 1. The van der Waals surface area contributed by atoms with E-state index in [0.29, 0.717) is 17.3 Å². The van der Waals surface area contributed by atoms with Crippen molar-refractivity contribution in [2.45, 2.75) is 32.0 Å². The second-order valence-corrected chi connectivity index (χ2v) is 5.52. The van der Waals surface area contributed by atoms with Crippen molar-refractivity contribution in [3.05, 3.63) is 17.8 Å². The van der Waals surface area contributed by atoms with Crippen LogP contribution in [0.15, 0.2) is 12.3 Å². The van der Waals surface area contributed by atoms with Crippen LogP contribution in [0.1, 0.15) is 30.1 Å². The van der Waals surface area contributed by atoms with Crippen LogP contribution < -0.4 is 4.90 Å². The molecule has 6 nitrogen and oxygen atoms in total. The first-order valence-corrected chi connectivity index (χ1v) is 6.99. The summed E-state index contributed by atoms with van der Waals surface area (Å²) >= 11 is 0. The lowest BCUT2D eigenvalue weighted by molar-refractivity contribution is -0.0274. The molecule has 0 bridgehead atoms. The number of aromatic nitrogens is 2. The summed E-state index contributed by atoms with van der Waals surface area (Å²) in [5, 5.41) is 8.05. The van der Waals surface area contributed by atoms with Crippen LogP contribution >= 0.6 is 0 Å². The first-order chi connectivity index (χ1) is 9.67. The third-order valence-electron chi connectivity index (χ3n) is 3.82. The van der Waals surface area contributed by atoms with E-state index in [4.69, 9.17) is 9.47 Å². The number of methoxy groups -OCH3 is 1. The highest BCUT2D eigenvalue weighted by Gasteiger charge is 2.37. The number of carbonyl (C=O) groups excluding carboxylic acids is 1. The van der Waals surface area contributed by atoms with Gasteiger partial charge in [0.2, 0.25) is 0 Å². The number of nitrogens with zero attached hydrogens (tertiary/aromatic N) is 3. The predicted octanol–water partition coefficient (Wildman–Crippen LogP) is 1.27. The van der Waals surface area contributed by atoms with E-state index in [2.05, 4.69) is 22.0 Å². The first-order valence-electron chi connectivity index (χ1n) is 6.99. The number of carbonyl (C=O) groups is 1. The van der Waals surface area contributed by atoms with Crippen LogP contribution in [-0.4, -0.2) is 48.6 Å². The summed E-state index contributed by atoms with van der Waals surface area (Å²) in [6.07, 6.45) is 4.36. The van der Waals surface area contributed by atoms with E-state index >= 15 is 0 Å². The van der Waals surface area contributed by atoms with E-state index in [-0.39, 0.29) is 18.2 Å². The Morgan fingerprint density at radius 2 is 2.25 bits per heavy atom. The molecular formula is C14H19N3O3. The largest absolute Gasteiger partial charge is 0.465 e. The van der Waals surface area contributed by atoms with E-state index in [1.807, 2.05) is 0 Å². The number of morpholine rings is 1. The molecule has 2 heterocycles. The van der Waals surface area contributed by atoms with Crippen molar-refractivity contribution in [3.63, 3.8) is 0 Å². The van der Waals surface area contributed by atoms with Crippen LogP contribution in [-0.2, 0) is 9.47 Å². The fraction of sp³-hybridized carbons (Fsp3) is 0.643. The van der Waals surface area contributed by atoms with Crippen LogP contribution in [0.3, 0.4) is 0 Å². The zero-order chi connectivity index (χ0) is 14.1. The molecule has 0 aromatic carbocycles. The van der Waals surface area contributed by atoms with Crippen LogP contribution in [0.4, 0.5) is 5.82 Å². The van der Waals surface area contributed by atoms with Crippen molar-refractivity contribution in [2.24, 2.45) is 5.92 Å². The summed E-state index contributed by atoms with van der Waals surface area (Å²) in [7, 11) is 1.36. The van der Waals surface area contributed by atoms with E-state index in [1.165, 1.54) is 26.1 Å². The summed E-state index contributed by atoms with van der Waals surface area (Å²) in [6, 6.07) is 1.74. The smallest absolute Gasteiger partial charge is 0.339 e. The summed E-state index contributed by atoms with van der Waals surface area (Å²) in [5.41, 5.74) is 0.430. The van der Waals surface area contributed by atoms with Crippen molar-refractivity contribution in [2.75, 3.05) is 25.1 Å². The Morgan fingerprint density at radius 3 is 2.95 bits per heavy atom. The molecule has 0 radical (unpaired) electrons. The predicted molar refractivity (Wildman–Crippen MR) is 72.6 cm³/mol. The Kier molecular flexibility index (Phi) is 3.56. The number of rotatable bonds is 3. The Morgan fingerprint density at radius 1 is 1.45 bits per heavy atom. The van der Waals surface area contributed by atoms with E-state index < -0.39 is 0 Å². The molecule has 1 aromatic rings. The van der Waals surface area contributed by atoms with E-state index in [9.17, 15) is 4.79 Å². The van der Waals surface area contributed by atoms with Gasteiger partial charge in [-0.3, -0.25) is 0 Å². The molecule has 0 amide bonds. The van der Waals surface area contributed by atoms with Gasteiger partial charge in [-0.15, -0.1) is 5.10 Å². The monoisotopic (exact) mass is 277 g/mol. The SMILES string of the molecule is COC(=O)c1cnnc(N2C[C@H](C)O[C@@H](C3CC3)C2)c1. The minimum atomic E-state index is -0.388. The van der Waals surface area contributed by atoms with Gasteiger partial charge in [-0.1, -0.05) is 0 Å². The molecule has 2 atom stereocenters. The number of hydrogen-bond acceptors (Lipinski definition) is 6. The molecule has 1 aliphatic carbocycles. The number of ether oxygens (including phenoxy) is 2. The normalized spacial score (nSPS) is 26.4. The van der Waals surface area contributed by atoms with Crippen molar-refractivity contribution >= 4 is 11.8 Å². The molecule has 20 heavy (non-hydrogen) atoms. The van der Waals surface area contributed by atoms with Crippen LogP contribution in [0.2, 0.25) is 0 Å². The van der Waals surface area contributed by atoms with Crippen molar-refractivity contribution in [1.82, 2.24) is 10.2 Å². The highest BCUT2D eigenvalue weighted by molar-refractivity contribution is 5.89. The zero-order valence-corrected chi connectivity index (χ0v) is 11.8. The molecule has 1 aliphatic heterocycles. The third-order valence-corrected chi connectivity index (χ3v) is 3.82. The second kappa shape index (κ2) is 5.36. The quantitative estimate of drug-likeness (QED) is 0.775. The standard InChI is InChI=1S/C14H19N3O3/c1-9-7-17(8-12(20-9)10-3-4-10)13-5-11(6-15-16-13)14(18)19-2/h5-6,9-10,12H,3-4,7-8H2,1-2H3/t9-,12+/m0/s1. The van der Waals surface area contributed by atoms with Crippen LogP contribution in [0.5, 0.6) is 0 Å². The molecule has 1 saturated carbocycles. The fourth-order valence-corrected chi connectivity index (χ4v) is 2.64. The van der Waals surface area contributed by atoms with Crippen LogP contribution in [0.25, 0.3) is 0 Å². The van der Waals surface area contributed by atoms with E-state index in [0.717, 1.165) is 13.1 Å². The Balaban J connectivity index is 1.78. The van der Waals surface area contributed by atoms with Gasteiger partial charge in [-0.05, 0) is 31.7 Å². The summed E-state index contributed by atoms with van der Waals surface area (Å²) in [6.45, 7) is 3.65. The molecule has 2 aliphatic rings. The number of hydrogen-bond donors (Lipinski definition) is 0. The molecule has 0 N–H and O–H groups in total. The Bertz CT molecular complexity index is 504. The van der Waals surface area contributed by atoms with Gasteiger partial charge < -0.3 is 14.4 Å². The molecule has 2 fully saturated rings. The molecular weight excluding hydrogens is 258 g/mol. The third kappa shape index (κ3) is 2.75. The van der Waals surface area contributed by atoms with Gasteiger partial charge in [0.1, 0.15) is 0 Å². The molecule has 3 rings (SSSR count). The second-order valence-electron chi connectivity index (χ2n) is 5.52. The maximum Gasteiger partial charge on any atom is 0.339 e. The number of anilines is 1. The van der Waals surface area contributed by atoms with Gasteiger partial charge in [-0.25, -0.2) is 4.79 Å². The highest BCUT2D eigenvalue weighted by atomic mass is 16.5. The molecule has 1 saturated heterocycles. The van der Waals surface area contributed by atoms with Gasteiger partial charge in [0, 0.05) is 13.1 Å². The minimum Gasteiger partial charge on any atom is -0.465 e. The average molecular weight is 277 g/mol. The van der Waals surface area contributed by atoms with Crippen molar-refractivity contribution < 1.29 is 14.3 Å². The minimum absolute atomic E-state index is 0.165. The molecule has 108 valence electrons. The molecule has 6 heteroatoms. The highest BCUT2D eigenvalue weighted by Crippen LogP contribution is 2.37. The van der Waals surface area contributed by atoms with Gasteiger partial charge >= 0.3 is 5.97 Å². The topological polar surface area (TPSA) is 64.5 Å². The summed E-state index contributed by atoms with van der Waals surface area (Å²) in [4.78, 5) is 13.7. The lowest BCUT2D eigenvalue weighted by Gasteiger charge is -2.37. The van der Waals surface area contributed by atoms with Crippen molar-refractivity contribution in [3.8, 4) is 0 Å². The summed E-state index contributed by atoms with van der Waals surface area (Å²) < 4.78 is 10.7. The maximum absolute atomic E-state index is 11.6. The van der Waals surface area contributed by atoms with Gasteiger partial charge in [-0.2, -0.15) is 5.10 Å². The van der Waals surface area contributed by atoms with Gasteiger partial charge in [0.25, 0.3) is 0 Å². The Labute approximate surface area is 118 Å². The van der Waals surface area contributed by atoms with E-state index in [1.54, 1.807) is 6.07 Å². The molecule has 0 unspecified atom stereocenters. The zero-order valence-electron chi connectivity index (χ0n) is 11.8. The lowest BCUT2D eigenvalue weighted by Crippen LogP contribution is -2.48. The average Bonchev–Trinajstić information content (AvgIpc) is 3.30. The van der Waals surface area contributed by atoms with Gasteiger partial charge in [0.15, 0.2) is 5.82 Å².